The molecule has 2 heterocycles. The van der Waals surface area contributed by atoms with E-state index in [1.54, 1.807) is 6.26 Å². The molecular formula is C12H20N2O2. The fourth-order valence-corrected chi connectivity index (χ4v) is 2.35. The molecular weight excluding hydrogens is 204 g/mol. The predicted octanol–water partition coefficient (Wildman–Crippen LogP) is 0.747. The Bertz CT molecular complexity index is 278. The zero-order chi connectivity index (χ0) is 11.4. The van der Waals surface area contributed by atoms with Crippen molar-refractivity contribution in [3.63, 3.8) is 0 Å². The van der Waals surface area contributed by atoms with Crippen LogP contribution in [0.1, 0.15) is 19.3 Å². The van der Waals surface area contributed by atoms with Gasteiger partial charge in [0.2, 0.25) is 5.91 Å². The average molecular weight is 224 g/mol. The molecule has 1 saturated heterocycles. The van der Waals surface area contributed by atoms with Gasteiger partial charge >= 0.3 is 0 Å². The van der Waals surface area contributed by atoms with Crippen LogP contribution < -0.4 is 5.32 Å². The molecule has 1 N–H and O–H groups in total. The summed E-state index contributed by atoms with van der Waals surface area (Å²) in [5, 5.41) is 3.11. The summed E-state index contributed by atoms with van der Waals surface area (Å²) in [5.41, 5.74) is 0. The maximum Gasteiger partial charge on any atom is 0.239 e. The van der Waals surface area contributed by atoms with Crippen molar-refractivity contribution in [2.24, 2.45) is 5.92 Å². The number of nitrogens with one attached hydrogen (secondary N) is 1. The summed E-state index contributed by atoms with van der Waals surface area (Å²) in [6, 6.07) is 0.00815. The van der Waals surface area contributed by atoms with Crippen LogP contribution in [0.5, 0.6) is 0 Å². The van der Waals surface area contributed by atoms with Gasteiger partial charge in [-0.1, -0.05) is 0 Å². The summed E-state index contributed by atoms with van der Waals surface area (Å²) in [4.78, 5) is 14.1. The van der Waals surface area contributed by atoms with E-state index in [1.165, 1.54) is 0 Å². The van der Waals surface area contributed by atoms with Crippen molar-refractivity contribution in [2.75, 3.05) is 26.7 Å². The molecule has 0 radical (unpaired) electrons. The lowest BCUT2D eigenvalue weighted by Crippen LogP contribution is -2.45. The number of carbonyl (C=O) groups is 1. The smallest absolute Gasteiger partial charge is 0.239 e. The van der Waals surface area contributed by atoms with Crippen LogP contribution in [0.15, 0.2) is 12.3 Å². The molecule has 90 valence electrons. The Morgan fingerprint density at radius 1 is 1.56 bits per heavy atom. The van der Waals surface area contributed by atoms with Crippen molar-refractivity contribution >= 4 is 5.91 Å². The minimum absolute atomic E-state index is 0.00815. The molecule has 2 aliphatic rings. The maximum atomic E-state index is 12.2. The monoisotopic (exact) mass is 224 g/mol. The summed E-state index contributed by atoms with van der Waals surface area (Å²) in [6.45, 7) is 2.41. The quantitative estimate of drug-likeness (QED) is 0.769. The zero-order valence-corrected chi connectivity index (χ0v) is 9.82. The van der Waals surface area contributed by atoms with Crippen LogP contribution in [0.3, 0.4) is 0 Å². The molecule has 2 rings (SSSR count). The highest BCUT2D eigenvalue weighted by atomic mass is 16.5. The number of carbonyl (C=O) groups excluding carboxylic acids is 1. The maximum absolute atomic E-state index is 12.2. The van der Waals surface area contributed by atoms with Crippen molar-refractivity contribution in [1.29, 1.82) is 0 Å². The standard InChI is InChI=1S/C12H20N2O2/c1-13-11-4-2-3-6-14(12(11)15)8-10-5-7-16-9-10/h5,7,10-11,13H,2-4,6,8-9H2,1H3. The molecule has 0 aromatic heterocycles. The van der Waals surface area contributed by atoms with E-state index in [9.17, 15) is 4.79 Å². The highest BCUT2D eigenvalue weighted by Gasteiger charge is 2.27. The Labute approximate surface area is 96.6 Å². The molecule has 0 aromatic rings. The Morgan fingerprint density at radius 2 is 2.44 bits per heavy atom. The van der Waals surface area contributed by atoms with Crippen LogP contribution in [0.4, 0.5) is 0 Å². The molecule has 4 heteroatoms. The Hall–Kier alpha value is -1.03. The molecule has 0 spiro atoms. The molecule has 0 bridgehead atoms. The summed E-state index contributed by atoms with van der Waals surface area (Å²) < 4.78 is 5.18. The first-order valence-electron chi connectivity index (χ1n) is 6.05. The van der Waals surface area contributed by atoms with Crippen molar-refractivity contribution in [1.82, 2.24) is 10.2 Å². The fourth-order valence-electron chi connectivity index (χ4n) is 2.35. The second-order valence-corrected chi connectivity index (χ2v) is 4.54. The summed E-state index contributed by atoms with van der Waals surface area (Å²) in [5.74, 6) is 0.625. The van der Waals surface area contributed by atoms with Gasteiger partial charge in [-0.25, -0.2) is 0 Å². The van der Waals surface area contributed by atoms with Crippen LogP contribution in [0, 0.1) is 5.92 Å². The second-order valence-electron chi connectivity index (χ2n) is 4.54. The topological polar surface area (TPSA) is 41.6 Å². The van der Waals surface area contributed by atoms with Gasteiger partial charge < -0.3 is 15.0 Å². The third-order valence-corrected chi connectivity index (χ3v) is 3.34. The summed E-state index contributed by atoms with van der Waals surface area (Å²) >= 11 is 0. The van der Waals surface area contributed by atoms with E-state index in [-0.39, 0.29) is 11.9 Å². The summed E-state index contributed by atoms with van der Waals surface area (Å²) in [7, 11) is 1.87. The molecule has 0 saturated carbocycles. The first kappa shape index (κ1) is 11.5. The number of nitrogens with zero attached hydrogens (tertiary/aromatic N) is 1. The number of likely N-dealkylation sites (tertiary alicyclic amines) is 1. The van der Waals surface area contributed by atoms with Gasteiger partial charge in [-0.3, -0.25) is 4.79 Å². The lowest BCUT2D eigenvalue weighted by Gasteiger charge is -2.25. The SMILES string of the molecule is CNC1CCCCN(CC2C=COC2)C1=O. The van der Waals surface area contributed by atoms with Crippen molar-refractivity contribution < 1.29 is 9.53 Å². The van der Waals surface area contributed by atoms with E-state index in [2.05, 4.69) is 5.32 Å². The normalized spacial score (nSPS) is 30.3. The lowest BCUT2D eigenvalue weighted by molar-refractivity contribution is -0.133. The van der Waals surface area contributed by atoms with E-state index < -0.39 is 0 Å². The zero-order valence-electron chi connectivity index (χ0n) is 9.82. The molecule has 2 atom stereocenters. The van der Waals surface area contributed by atoms with Gasteiger partial charge in [0.1, 0.15) is 0 Å². The predicted molar refractivity (Wildman–Crippen MR) is 61.9 cm³/mol. The van der Waals surface area contributed by atoms with Gasteiger partial charge in [0, 0.05) is 19.0 Å². The van der Waals surface area contributed by atoms with Gasteiger partial charge in [0.05, 0.1) is 18.9 Å². The first-order chi connectivity index (χ1) is 7.81. The minimum atomic E-state index is 0.00815. The van der Waals surface area contributed by atoms with Gasteiger partial charge in [-0.15, -0.1) is 0 Å². The molecule has 16 heavy (non-hydrogen) atoms. The number of likely N-dealkylation sites (N-methyl/N-ethyl adjacent to an activating group) is 1. The van der Waals surface area contributed by atoms with Gasteiger partial charge in [-0.2, -0.15) is 0 Å². The average Bonchev–Trinajstić information content (AvgIpc) is 2.73. The van der Waals surface area contributed by atoms with Crippen LogP contribution >= 0.6 is 0 Å². The van der Waals surface area contributed by atoms with E-state index in [1.807, 2.05) is 18.0 Å². The highest BCUT2D eigenvalue weighted by molar-refractivity contribution is 5.82. The number of hydrogen-bond donors (Lipinski definition) is 1. The molecule has 2 aliphatic heterocycles. The summed E-state index contributed by atoms with van der Waals surface area (Å²) in [6.07, 6.45) is 6.99. The Balaban J connectivity index is 1.95. The first-order valence-corrected chi connectivity index (χ1v) is 6.05. The number of ether oxygens (including phenoxy) is 1. The van der Waals surface area contributed by atoms with Gasteiger partial charge in [0.25, 0.3) is 0 Å². The third kappa shape index (κ3) is 2.55. The van der Waals surface area contributed by atoms with E-state index >= 15 is 0 Å². The molecule has 2 unspecified atom stereocenters. The third-order valence-electron chi connectivity index (χ3n) is 3.34. The van der Waals surface area contributed by atoms with Crippen molar-refractivity contribution in [2.45, 2.75) is 25.3 Å². The minimum Gasteiger partial charge on any atom is -0.501 e. The highest BCUT2D eigenvalue weighted by Crippen LogP contribution is 2.16. The number of hydrogen-bond acceptors (Lipinski definition) is 3. The molecule has 4 nitrogen and oxygen atoms in total. The largest absolute Gasteiger partial charge is 0.501 e. The molecule has 1 amide bonds. The van der Waals surface area contributed by atoms with Crippen LogP contribution in [0.25, 0.3) is 0 Å². The van der Waals surface area contributed by atoms with Crippen molar-refractivity contribution in [3.05, 3.63) is 12.3 Å². The number of amides is 1. The molecule has 0 aliphatic carbocycles. The van der Waals surface area contributed by atoms with Crippen LogP contribution in [0.2, 0.25) is 0 Å². The van der Waals surface area contributed by atoms with Crippen LogP contribution in [-0.2, 0) is 9.53 Å². The Kier molecular flexibility index (Phi) is 3.83. The molecule has 0 aromatic carbocycles. The lowest BCUT2D eigenvalue weighted by atomic mass is 10.1. The van der Waals surface area contributed by atoms with E-state index in [4.69, 9.17) is 4.74 Å². The van der Waals surface area contributed by atoms with Gasteiger partial charge in [0.15, 0.2) is 0 Å². The fraction of sp³-hybridized carbons (Fsp3) is 0.750. The molecule has 1 fully saturated rings. The van der Waals surface area contributed by atoms with Crippen LogP contribution in [-0.4, -0.2) is 43.6 Å². The van der Waals surface area contributed by atoms with E-state index in [0.29, 0.717) is 12.5 Å². The van der Waals surface area contributed by atoms with E-state index in [0.717, 1.165) is 32.4 Å². The van der Waals surface area contributed by atoms with Crippen molar-refractivity contribution in [3.8, 4) is 0 Å². The van der Waals surface area contributed by atoms with Gasteiger partial charge in [-0.05, 0) is 32.4 Å². The Morgan fingerprint density at radius 3 is 3.12 bits per heavy atom. The number of rotatable bonds is 3. The second kappa shape index (κ2) is 5.34.